The first-order valence-corrected chi connectivity index (χ1v) is 8.31. The van der Waals surface area contributed by atoms with Crippen molar-refractivity contribution in [1.82, 2.24) is 0 Å². The molecular weight excluding hydrogens is 379 g/mol. The van der Waals surface area contributed by atoms with Crippen LogP contribution in [-0.4, -0.2) is 0 Å². The molecule has 0 amide bonds. The molecule has 3 aromatic rings. The van der Waals surface area contributed by atoms with Crippen molar-refractivity contribution in [2.24, 2.45) is 0 Å². The largest absolute Gasteiger partial charge is 2.00 e. The molecule has 0 spiro atoms. The number of allylic oxidation sites excluding steroid dienone is 4. The third-order valence-electron chi connectivity index (χ3n) is 4.46. The molecule has 0 fully saturated rings. The monoisotopic (exact) mass is 396 g/mol. The van der Waals surface area contributed by atoms with E-state index in [4.69, 9.17) is 0 Å². The number of benzene rings is 3. The van der Waals surface area contributed by atoms with E-state index in [-0.39, 0.29) is 26.2 Å². The molecule has 0 unspecified atom stereocenters. The summed E-state index contributed by atoms with van der Waals surface area (Å²) >= 11 is 0. The van der Waals surface area contributed by atoms with E-state index in [9.17, 15) is 0 Å². The molecule has 25 heavy (non-hydrogen) atoms. The molecule has 0 bridgehead atoms. The minimum Gasteiger partial charge on any atom is -0.179 e. The molecule has 3 aromatic carbocycles. The van der Waals surface area contributed by atoms with Crippen LogP contribution in [0.15, 0.2) is 91.0 Å². The Morgan fingerprint density at radius 3 is 2.24 bits per heavy atom. The van der Waals surface area contributed by atoms with E-state index in [2.05, 4.69) is 78.9 Å². The fraction of sp³-hybridized carbons (Fsp3) is 0.0833. The van der Waals surface area contributed by atoms with Gasteiger partial charge in [-0.15, -0.1) is 5.56 Å². The molecule has 0 nitrogen and oxygen atoms in total. The van der Waals surface area contributed by atoms with E-state index >= 15 is 0 Å². The van der Waals surface area contributed by atoms with E-state index < -0.39 is 0 Å². The van der Waals surface area contributed by atoms with Crippen molar-refractivity contribution in [1.29, 1.82) is 0 Å². The summed E-state index contributed by atoms with van der Waals surface area (Å²) in [4.78, 5) is 0. The Labute approximate surface area is 169 Å². The predicted octanol–water partition coefficient (Wildman–Crippen LogP) is 5.75. The summed E-state index contributed by atoms with van der Waals surface area (Å²) in [6, 6.07) is 29.4. The SMILES string of the molecule is [Zr+2].[c-]1cccc2c1Cc1ccccc1-2.[c-]1ccccc1C1C=CC=C1. The molecular formula is C24H18Zr. The van der Waals surface area contributed by atoms with Gasteiger partial charge in [0, 0.05) is 0 Å². The smallest absolute Gasteiger partial charge is 0.179 e. The Morgan fingerprint density at radius 2 is 1.44 bits per heavy atom. The maximum atomic E-state index is 3.30. The van der Waals surface area contributed by atoms with Crippen LogP contribution in [0.1, 0.15) is 22.6 Å². The van der Waals surface area contributed by atoms with E-state index in [1.165, 1.54) is 27.8 Å². The first-order chi connectivity index (χ1) is 11.9. The Kier molecular flexibility index (Phi) is 6.00. The van der Waals surface area contributed by atoms with E-state index in [1.54, 1.807) is 0 Å². The average molecular weight is 398 g/mol. The van der Waals surface area contributed by atoms with Gasteiger partial charge in [0.2, 0.25) is 0 Å². The molecule has 0 radical (unpaired) electrons. The van der Waals surface area contributed by atoms with Gasteiger partial charge in [-0.05, 0) is 12.3 Å². The molecule has 118 valence electrons. The predicted molar refractivity (Wildman–Crippen MR) is 99.8 cm³/mol. The zero-order chi connectivity index (χ0) is 16.2. The topological polar surface area (TPSA) is 0 Å². The van der Waals surface area contributed by atoms with Crippen molar-refractivity contribution in [3.63, 3.8) is 0 Å². The molecule has 0 heterocycles. The zero-order valence-electron chi connectivity index (χ0n) is 13.9. The summed E-state index contributed by atoms with van der Waals surface area (Å²) in [5.41, 5.74) is 6.76. The molecule has 0 saturated carbocycles. The quantitative estimate of drug-likeness (QED) is 0.359. The van der Waals surface area contributed by atoms with Crippen LogP contribution in [0.3, 0.4) is 0 Å². The molecule has 0 atom stereocenters. The van der Waals surface area contributed by atoms with Crippen molar-refractivity contribution in [3.05, 3.63) is 120 Å². The van der Waals surface area contributed by atoms with Crippen LogP contribution < -0.4 is 0 Å². The summed E-state index contributed by atoms with van der Waals surface area (Å²) in [6.07, 6.45) is 9.54. The zero-order valence-corrected chi connectivity index (χ0v) is 16.4. The van der Waals surface area contributed by atoms with E-state index in [1.807, 2.05) is 24.3 Å². The standard InChI is InChI=1S/C13H9.C11H9.Zr/c1-3-7-12-10(5-1)9-11-6-2-4-8-13(11)12;1-2-6-10(7-3-1)11-8-4-5-9-11;/h1-5,7-8H,9H2;1-6,8-9,11H;/q2*-1;+2. The van der Waals surface area contributed by atoms with Crippen LogP contribution >= 0.6 is 0 Å². The van der Waals surface area contributed by atoms with Gasteiger partial charge in [0.15, 0.2) is 0 Å². The molecule has 0 aromatic heterocycles. The number of fused-ring (bicyclic) bond motifs is 3. The molecule has 0 N–H and O–H groups in total. The van der Waals surface area contributed by atoms with Crippen LogP contribution in [-0.2, 0) is 32.6 Å². The Hall–Kier alpha value is -1.98. The minimum absolute atomic E-state index is 0. The third-order valence-corrected chi connectivity index (χ3v) is 4.46. The van der Waals surface area contributed by atoms with Gasteiger partial charge in [-0.3, -0.25) is 0 Å². The van der Waals surface area contributed by atoms with Crippen molar-refractivity contribution in [2.75, 3.05) is 0 Å². The summed E-state index contributed by atoms with van der Waals surface area (Å²) in [6.45, 7) is 0. The van der Waals surface area contributed by atoms with Gasteiger partial charge < -0.3 is 0 Å². The molecule has 2 aliphatic carbocycles. The first-order valence-electron chi connectivity index (χ1n) is 8.31. The van der Waals surface area contributed by atoms with Gasteiger partial charge in [-0.1, -0.05) is 59.7 Å². The third kappa shape index (κ3) is 3.99. The maximum absolute atomic E-state index is 3.30. The van der Waals surface area contributed by atoms with E-state index in [0.29, 0.717) is 5.92 Å². The fourth-order valence-electron chi connectivity index (χ4n) is 3.25. The van der Waals surface area contributed by atoms with Crippen LogP contribution in [0.2, 0.25) is 0 Å². The normalized spacial score (nSPS) is 13.4. The second kappa shape index (κ2) is 8.41. The van der Waals surface area contributed by atoms with Crippen molar-refractivity contribution < 1.29 is 26.2 Å². The Bertz CT molecular complexity index is 835. The molecule has 2 aliphatic rings. The average Bonchev–Trinajstić information content (AvgIpc) is 3.31. The summed E-state index contributed by atoms with van der Waals surface area (Å²) in [5, 5.41) is 0. The molecule has 1 heteroatoms. The van der Waals surface area contributed by atoms with Crippen molar-refractivity contribution >= 4 is 0 Å². The Morgan fingerprint density at radius 1 is 0.720 bits per heavy atom. The Balaban J connectivity index is 0.000000142. The minimum atomic E-state index is 0. The van der Waals surface area contributed by atoms with Crippen LogP contribution in [0.5, 0.6) is 0 Å². The molecule has 0 aliphatic heterocycles. The van der Waals surface area contributed by atoms with Gasteiger partial charge in [-0.2, -0.15) is 65.7 Å². The molecule has 0 saturated heterocycles. The van der Waals surface area contributed by atoms with Crippen LogP contribution in [0.25, 0.3) is 11.1 Å². The second-order valence-corrected chi connectivity index (χ2v) is 6.01. The number of rotatable bonds is 1. The summed E-state index contributed by atoms with van der Waals surface area (Å²) in [7, 11) is 0. The van der Waals surface area contributed by atoms with Crippen molar-refractivity contribution in [3.8, 4) is 11.1 Å². The first kappa shape index (κ1) is 17.8. The summed E-state index contributed by atoms with van der Waals surface area (Å²) in [5.74, 6) is 0.455. The van der Waals surface area contributed by atoms with Gasteiger partial charge in [0.05, 0.1) is 0 Å². The van der Waals surface area contributed by atoms with E-state index in [0.717, 1.165) is 6.42 Å². The summed E-state index contributed by atoms with van der Waals surface area (Å²) < 4.78 is 0. The van der Waals surface area contributed by atoms with Gasteiger partial charge in [0.1, 0.15) is 0 Å². The van der Waals surface area contributed by atoms with Gasteiger partial charge >= 0.3 is 26.2 Å². The number of hydrogen-bond donors (Lipinski definition) is 0. The molecule has 5 rings (SSSR count). The fourth-order valence-corrected chi connectivity index (χ4v) is 3.25. The van der Waals surface area contributed by atoms with Gasteiger partial charge in [-0.25, -0.2) is 0 Å². The van der Waals surface area contributed by atoms with Crippen molar-refractivity contribution in [2.45, 2.75) is 12.3 Å². The van der Waals surface area contributed by atoms with Gasteiger partial charge in [0.25, 0.3) is 0 Å². The number of hydrogen-bond acceptors (Lipinski definition) is 0. The van der Waals surface area contributed by atoms with Crippen LogP contribution in [0.4, 0.5) is 0 Å². The van der Waals surface area contributed by atoms with Crippen LogP contribution in [0, 0.1) is 12.1 Å². The second-order valence-electron chi connectivity index (χ2n) is 6.01. The maximum Gasteiger partial charge on any atom is 2.00 e.